The fraction of sp³-hybridized carbons (Fsp3) is 0.917. The molecule has 1 rings (SSSR count). The van der Waals surface area contributed by atoms with Crippen molar-refractivity contribution in [1.29, 1.82) is 0 Å². The first kappa shape index (κ1) is 13.3. The van der Waals surface area contributed by atoms with Crippen molar-refractivity contribution in [3.63, 3.8) is 0 Å². The first-order valence-corrected chi connectivity index (χ1v) is 5.99. The van der Waals surface area contributed by atoms with Gasteiger partial charge in [0.15, 0.2) is 0 Å². The number of hydrogen-bond donors (Lipinski definition) is 1. The minimum atomic E-state index is -0.469. The van der Waals surface area contributed by atoms with Gasteiger partial charge >= 0.3 is 6.09 Å². The summed E-state index contributed by atoms with van der Waals surface area (Å²) < 4.78 is 5.27. The lowest BCUT2D eigenvalue weighted by Crippen LogP contribution is -2.48. The highest BCUT2D eigenvalue weighted by molar-refractivity contribution is 5.68. The minimum Gasteiger partial charge on any atom is -0.444 e. The summed E-state index contributed by atoms with van der Waals surface area (Å²) in [6, 6.07) is 0. The number of carbonyl (C=O) groups excluding carboxylic acids is 1. The molecule has 0 aromatic heterocycles. The average Bonchev–Trinajstić information content (AvgIpc) is 2.15. The standard InChI is InChI=1S/C12H23NO3/c1-5-9-6-7-13(8-10(9)14)11(15)16-12(2,3)4/h9-10,14H,5-8H2,1-4H3/t9-,10-/m1/s1. The lowest BCUT2D eigenvalue weighted by molar-refractivity contribution is -0.0132. The van der Waals surface area contributed by atoms with Crippen LogP contribution in [0.5, 0.6) is 0 Å². The molecule has 1 N–H and O–H groups in total. The second-order valence-electron chi connectivity index (χ2n) is 5.45. The quantitative estimate of drug-likeness (QED) is 0.748. The van der Waals surface area contributed by atoms with Gasteiger partial charge in [0.2, 0.25) is 0 Å². The predicted molar refractivity (Wildman–Crippen MR) is 62.2 cm³/mol. The van der Waals surface area contributed by atoms with Crippen LogP contribution in [0.25, 0.3) is 0 Å². The van der Waals surface area contributed by atoms with Crippen molar-refractivity contribution in [1.82, 2.24) is 4.90 Å². The lowest BCUT2D eigenvalue weighted by atomic mass is 9.92. The number of hydrogen-bond acceptors (Lipinski definition) is 3. The Morgan fingerprint density at radius 3 is 2.56 bits per heavy atom. The fourth-order valence-corrected chi connectivity index (χ4v) is 1.95. The molecule has 0 aliphatic carbocycles. The molecule has 2 atom stereocenters. The van der Waals surface area contributed by atoms with Gasteiger partial charge in [-0.1, -0.05) is 13.3 Å². The Balaban J connectivity index is 2.48. The van der Waals surface area contributed by atoms with Crippen molar-refractivity contribution >= 4 is 6.09 Å². The number of piperidine rings is 1. The summed E-state index contributed by atoms with van der Waals surface area (Å²) in [4.78, 5) is 13.3. The molecule has 0 radical (unpaired) electrons. The topological polar surface area (TPSA) is 49.8 Å². The zero-order valence-corrected chi connectivity index (χ0v) is 10.7. The van der Waals surface area contributed by atoms with Crippen LogP contribution in [0.1, 0.15) is 40.5 Å². The predicted octanol–water partition coefficient (Wildman–Crippen LogP) is 2.01. The highest BCUT2D eigenvalue weighted by atomic mass is 16.6. The monoisotopic (exact) mass is 229 g/mol. The van der Waals surface area contributed by atoms with Gasteiger partial charge in [-0.25, -0.2) is 4.79 Å². The smallest absolute Gasteiger partial charge is 0.410 e. The van der Waals surface area contributed by atoms with Crippen molar-refractivity contribution in [2.75, 3.05) is 13.1 Å². The summed E-state index contributed by atoms with van der Waals surface area (Å²) in [6.45, 7) is 8.69. The molecule has 16 heavy (non-hydrogen) atoms. The van der Waals surface area contributed by atoms with Crippen LogP contribution in [-0.2, 0) is 4.74 Å². The summed E-state index contributed by atoms with van der Waals surface area (Å²) in [7, 11) is 0. The SMILES string of the molecule is CC[C@@H]1CCN(C(=O)OC(C)(C)C)C[C@H]1O. The molecule has 1 aliphatic heterocycles. The molecule has 1 aliphatic rings. The average molecular weight is 229 g/mol. The van der Waals surface area contributed by atoms with E-state index in [-0.39, 0.29) is 6.09 Å². The third kappa shape index (κ3) is 3.67. The summed E-state index contributed by atoms with van der Waals surface area (Å²) in [5, 5.41) is 9.84. The molecule has 4 heteroatoms. The number of nitrogens with zero attached hydrogens (tertiary/aromatic N) is 1. The largest absolute Gasteiger partial charge is 0.444 e. The summed E-state index contributed by atoms with van der Waals surface area (Å²) in [5.74, 6) is 0.318. The highest BCUT2D eigenvalue weighted by Gasteiger charge is 2.31. The van der Waals surface area contributed by atoms with Gasteiger partial charge in [-0.2, -0.15) is 0 Å². The van der Waals surface area contributed by atoms with Crippen molar-refractivity contribution < 1.29 is 14.6 Å². The van der Waals surface area contributed by atoms with Gasteiger partial charge in [0, 0.05) is 6.54 Å². The van der Waals surface area contributed by atoms with Gasteiger partial charge in [-0.05, 0) is 33.1 Å². The second-order valence-corrected chi connectivity index (χ2v) is 5.45. The van der Waals surface area contributed by atoms with E-state index in [1.165, 1.54) is 0 Å². The van der Waals surface area contributed by atoms with E-state index in [0.29, 0.717) is 19.0 Å². The molecule has 1 saturated heterocycles. The van der Waals surface area contributed by atoms with Gasteiger partial charge in [0.1, 0.15) is 5.60 Å². The number of carbonyl (C=O) groups is 1. The summed E-state index contributed by atoms with van der Waals surface area (Å²) in [5.41, 5.74) is -0.469. The number of aliphatic hydroxyl groups excluding tert-OH is 1. The van der Waals surface area contributed by atoms with Crippen LogP contribution < -0.4 is 0 Å². The number of ether oxygens (including phenoxy) is 1. The second kappa shape index (κ2) is 5.04. The van der Waals surface area contributed by atoms with Crippen molar-refractivity contribution in [3.05, 3.63) is 0 Å². The van der Waals surface area contributed by atoms with Crippen LogP contribution in [0.4, 0.5) is 4.79 Å². The molecular weight excluding hydrogens is 206 g/mol. The summed E-state index contributed by atoms with van der Waals surface area (Å²) >= 11 is 0. The molecule has 0 unspecified atom stereocenters. The Bertz CT molecular complexity index is 247. The molecule has 1 fully saturated rings. The van der Waals surface area contributed by atoms with E-state index in [2.05, 4.69) is 6.92 Å². The Labute approximate surface area is 97.6 Å². The zero-order valence-electron chi connectivity index (χ0n) is 10.7. The molecule has 4 nitrogen and oxygen atoms in total. The first-order chi connectivity index (χ1) is 7.33. The molecule has 1 amide bonds. The van der Waals surface area contributed by atoms with E-state index in [0.717, 1.165) is 12.8 Å². The van der Waals surface area contributed by atoms with E-state index in [1.807, 2.05) is 20.8 Å². The van der Waals surface area contributed by atoms with Crippen molar-refractivity contribution in [2.45, 2.75) is 52.2 Å². The van der Waals surface area contributed by atoms with E-state index in [1.54, 1.807) is 4.90 Å². The Hall–Kier alpha value is -0.770. The van der Waals surface area contributed by atoms with E-state index >= 15 is 0 Å². The number of β-amino-alcohol motifs (C(OH)–C–C–N with tert-alkyl or cyclic N) is 1. The van der Waals surface area contributed by atoms with Crippen LogP contribution in [0, 0.1) is 5.92 Å². The van der Waals surface area contributed by atoms with Crippen LogP contribution >= 0.6 is 0 Å². The third-order valence-corrected chi connectivity index (χ3v) is 2.90. The van der Waals surface area contributed by atoms with Crippen LogP contribution in [0.3, 0.4) is 0 Å². The maximum absolute atomic E-state index is 11.7. The van der Waals surface area contributed by atoms with Gasteiger partial charge in [-0.15, -0.1) is 0 Å². The molecule has 0 saturated carbocycles. The number of aliphatic hydroxyl groups is 1. The van der Waals surface area contributed by atoms with E-state index in [9.17, 15) is 9.90 Å². The van der Waals surface area contributed by atoms with Crippen LogP contribution in [0.2, 0.25) is 0 Å². The van der Waals surface area contributed by atoms with E-state index in [4.69, 9.17) is 4.74 Å². The summed E-state index contributed by atoms with van der Waals surface area (Å²) in [6.07, 6.45) is 1.09. The Kier molecular flexibility index (Phi) is 4.19. The number of rotatable bonds is 1. The zero-order chi connectivity index (χ0) is 12.3. The third-order valence-electron chi connectivity index (χ3n) is 2.90. The molecule has 0 aromatic carbocycles. The van der Waals surface area contributed by atoms with Crippen LogP contribution in [0.15, 0.2) is 0 Å². The first-order valence-electron chi connectivity index (χ1n) is 5.99. The minimum absolute atomic E-state index is 0.318. The maximum atomic E-state index is 11.7. The molecule has 0 aromatic rings. The highest BCUT2D eigenvalue weighted by Crippen LogP contribution is 2.22. The molecule has 94 valence electrons. The van der Waals surface area contributed by atoms with Gasteiger partial charge in [0.25, 0.3) is 0 Å². The Morgan fingerprint density at radius 2 is 2.12 bits per heavy atom. The number of likely N-dealkylation sites (tertiary alicyclic amines) is 1. The fourth-order valence-electron chi connectivity index (χ4n) is 1.95. The van der Waals surface area contributed by atoms with E-state index < -0.39 is 11.7 Å². The number of amides is 1. The van der Waals surface area contributed by atoms with Gasteiger partial charge in [0.05, 0.1) is 12.6 Å². The van der Waals surface area contributed by atoms with Gasteiger partial charge < -0.3 is 14.7 Å². The normalized spacial score (nSPS) is 26.7. The lowest BCUT2D eigenvalue weighted by Gasteiger charge is -2.36. The molecular formula is C12H23NO3. The Morgan fingerprint density at radius 1 is 1.50 bits per heavy atom. The van der Waals surface area contributed by atoms with Crippen LogP contribution in [-0.4, -0.2) is 40.9 Å². The molecule has 0 spiro atoms. The van der Waals surface area contributed by atoms with Gasteiger partial charge in [-0.3, -0.25) is 0 Å². The molecule has 1 heterocycles. The van der Waals surface area contributed by atoms with Crippen molar-refractivity contribution in [3.8, 4) is 0 Å². The maximum Gasteiger partial charge on any atom is 0.410 e. The molecule has 0 bridgehead atoms. The van der Waals surface area contributed by atoms with Crippen molar-refractivity contribution in [2.24, 2.45) is 5.92 Å².